The van der Waals surface area contributed by atoms with Crippen LogP contribution in [0.3, 0.4) is 0 Å². The van der Waals surface area contributed by atoms with E-state index < -0.39 is 0 Å². The van der Waals surface area contributed by atoms with E-state index in [9.17, 15) is 4.79 Å². The van der Waals surface area contributed by atoms with Crippen molar-refractivity contribution < 1.29 is 9.53 Å². The van der Waals surface area contributed by atoms with E-state index in [4.69, 9.17) is 4.74 Å². The Morgan fingerprint density at radius 3 is 2.78 bits per heavy atom. The number of ketones is 1. The lowest BCUT2D eigenvalue weighted by Crippen LogP contribution is -2.39. The average Bonchev–Trinajstić information content (AvgIpc) is 3.18. The molecule has 23 heavy (non-hydrogen) atoms. The van der Waals surface area contributed by atoms with Crippen LogP contribution in [0.2, 0.25) is 0 Å². The number of carbonyl (C=O) groups is 1. The first kappa shape index (κ1) is 13.4. The van der Waals surface area contributed by atoms with Crippen molar-refractivity contribution in [1.82, 2.24) is 0 Å². The Morgan fingerprint density at radius 2 is 2.04 bits per heavy atom. The van der Waals surface area contributed by atoms with Gasteiger partial charge in [0.05, 0.1) is 7.11 Å². The highest BCUT2D eigenvalue weighted by Gasteiger charge is 2.54. The van der Waals surface area contributed by atoms with Crippen molar-refractivity contribution in [2.75, 3.05) is 7.11 Å². The largest absolute Gasteiger partial charge is 0.497 e. The molecule has 1 fully saturated rings. The minimum atomic E-state index is -0.105. The summed E-state index contributed by atoms with van der Waals surface area (Å²) < 4.78 is 5.32. The van der Waals surface area contributed by atoms with Gasteiger partial charge >= 0.3 is 0 Å². The standard InChI is InChI=1S/C21H20O2/c1-23-18-5-3-14-11-19-15(9-16(14)10-18)6-7-21(20(19)22)12-13-2-4-17(21)8-13/h2-5,9-11,13,17H,6-8,12H2,1H3. The molecule has 116 valence electrons. The summed E-state index contributed by atoms with van der Waals surface area (Å²) in [6, 6.07) is 10.4. The zero-order chi connectivity index (χ0) is 15.6. The van der Waals surface area contributed by atoms with Crippen LogP contribution >= 0.6 is 0 Å². The van der Waals surface area contributed by atoms with Crippen molar-refractivity contribution in [2.45, 2.75) is 25.7 Å². The molecule has 3 unspecified atom stereocenters. The smallest absolute Gasteiger partial charge is 0.169 e. The SMILES string of the molecule is COc1ccc2cc3c(cc2c1)CCC1(CC2C=CC1C2)C3=O. The molecule has 0 radical (unpaired) electrons. The Balaban J connectivity index is 1.64. The van der Waals surface area contributed by atoms with Gasteiger partial charge in [0.1, 0.15) is 5.75 Å². The first-order valence-corrected chi connectivity index (χ1v) is 8.53. The molecule has 1 spiro atoms. The highest BCUT2D eigenvalue weighted by atomic mass is 16.5. The number of rotatable bonds is 1. The number of hydrogen-bond donors (Lipinski definition) is 0. The molecule has 0 aliphatic heterocycles. The van der Waals surface area contributed by atoms with Gasteiger partial charge in [0, 0.05) is 11.0 Å². The summed E-state index contributed by atoms with van der Waals surface area (Å²) in [6.45, 7) is 0. The third-order valence-electron chi connectivity index (χ3n) is 6.32. The number of Topliss-reactive ketones (excluding diaryl/α,β-unsaturated/α-hetero) is 1. The Morgan fingerprint density at radius 1 is 1.13 bits per heavy atom. The van der Waals surface area contributed by atoms with Crippen molar-refractivity contribution in [1.29, 1.82) is 0 Å². The summed E-state index contributed by atoms with van der Waals surface area (Å²) >= 11 is 0. The van der Waals surface area contributed by atoms with Gasteiger partial charge in [-0.15, -0.1) is 0 Å². The molecule has 2 aromatic carbocycles. The van der Waals surface area contributed by atoms with Crippen molar-refractivity contribution in [2.24, 2.45) is 17.3 Å². The molecule has 5 rings (SSSR count). The molecule has 2 bridgehead atoms. The summed E-state index contributed by atoms with van der Waals surface area (Å²) in [5, 5.41) is 2.30. The van der Waals surface area contributed by atoms with E-state index in [0.717, 1.165) is 36.0 Å². The minimum Gasteiger partial charge on any atom is -0.497 e. The number of allylic oxidation sites excluding steroid dienone is 2. The van der Waals surface area contributed by atoms with Crippen LogP contribution in [-0.4, -0.2) is 12.9 Å². The molecule has 0 aromatic heterocycles. The summed E-state index contributed by atoms with van der Waals surface area (Å²) in [5.41, 5.74) is 2.08. The third kappa shape index (κ3) is 1.72. The zero-order valence-corrected chi connectivity index (χ0v) is 13.3. The maximum atomic E-state index is 13.3. The number of benzene rings is 2. The van der Waals surface area contributed by atoms with Gasteiger partial charge < -0.3 is 4.74 Å². The van der Waals surface area contributed by atoms with Crippen LogP contribution in [0.4, 0.5) is 0 Å². The molecule has 3 atom stereocenters. The Kier molecular flexibility index (Phi) is 2.60. The van der Waals surface area contributed by atoms with Gasteiger partial charge in [-0.3, -0.25) is 4.79 Å². The number of hydrogen-bond acceptors (Lipinski definition) is 2. The molecular weight excluding hydrogens is 284 g/mol. The Hall–Kier alpha value is -2.09. The quantitative estimate of drug-likeness (QED) is 0.722. The number of aryl methyl sites for hydroxylation is 1. The Labute approximate surface area is 136 Å². The van der Waals surface area contributed by atoms with Gasteiger partial charge in [0.25, 0.3) is 0 Å². The first-order chi connectivity index (χ1) is 11.2. The molecule has 1 saturated carbocycles. The molecule has 0 heterocycles. The molecule has 0 amide bonds. The molecule has 0 N–H and O–H groups in total. The van der Waals surface area contributed by atoms with Crippen LogP contribution in [0.1, 0.15) is 35.2 Å². The summed E-state index contributed by atoms with van der Waals surface area (Å²) in [5.74, 6) is 2.37. The van der Waals surface area contributed by atoms with Gasteiger partial charge in [-0.1, -0.05) is 24.3 Å². The van der Waals surface area contributed by atoms with E-state index in [1.54, 1.807) is 7.11 Å². The van der Waals surface area contributed by atoms with E-state index in [1.165, 1.54) is 17.4 Å². The molecule has 2 nitrogen and oxygen atoms in total. The fourth-order valence-corrected chi connectivity index (χ4v) is 5.11. The van der Waals surface area contributed by atoms with Crippen LogP contribution in [0.15, 0.2) is 42.5 Å². The highest BCUT2D eigenvalue weighted by Crippen LogP contribution is 2.57. The molecule has 2 heteroatoms. The third-order valence-corrected chi connectivity index (χ3v) is 6.32. The van der Waals surface area contributed by atoms with Crippen molar-refractivity contribution in [3.05, 3.63) is 53.6 Å². The second-order valence-corrected chi connectivity index (χ2v) is 7.40. The molecular formula is C21H20O2. The molecule has 0 saturated heterocycles. The zero-order valence-electron chi connectivity index (χ0n) is 13.3. The van der Waals surface area contributed by atoms with Gasteiger partial charge in [0.15, 0.2) is 5.78 Å². The number of methoxy groups -OCH3 is 1. The average molecular weight is 304 g/mol. The van der Waals surface area contributed by atoms with Crippen LogP contribution in [0.5, 0.6) is 5.75 Å². The first-order valence-electron chi connectivity index (χ1n) is 8.53. The molecule has 3 aliphatic rings. The van der Waals surface area contributed by atoms with E-state index >= 15 is 0 Å². The van der Waals surface area contributed by atoms with E-state index in [2.05, 4.69) is 36.4 Å². The van der Waals surface area contributed by atoms with Crippen LogP contribution < -0.4 is 4.74 Å². The normalized spacial score (nSPS) is 31.1. The predicted molar refractivity (Wildman–Crippen MR) is 90.9 cm³/mol. The number of carbonyl (C=O) groups excluding carboxylic acids is 1. The molecule has 2 aromatic rings. The fraction of sp³-hybridized carbons (Fsp3) is 0.381. The second-order valence-electron chi connectivity index (χ2n) is 7.40. The number of ether oxygens (including phenoxy) is 1. The highest BCUT2D eigenvalue weighted by molar-refractivity contribution is 6.06. The van der Waals surface area contributed by atoms with Gasteiger partial charge in [-0.05, 0) is 72.1 Å². The lowest BCUT2D eigenvalue weighted by atomic mass is 9.63. The summed E-state index contributed by atoms with van der Waals surface area (Å²) in [4.78, 5) is 13.3. The van der Waals surface area contributed by atoms with Crippen LogP contribution in [-0.2, 0) is 6.42 Å². The second kappa shape index (κ2) is 4.47. The number of fused-ring (bicyclic) bond motifs is 5. The maximum absolute atomic E-state index is 13.3. The Bertz CT molecular complexity index is 864. The van der Waals surface area contributed by atoms with E-state index in [1.807, 2.05) is 6.07 Å². The van der Waals surface area contributed by atoms with Gasteiger partial charge in [0.2, 0.25) is 0 Å². The maximum Gasteiger partial charge on any atom is 0.169 e. The van der Waals surface area contributed by atoms with E-state index in [0.29, 0.717) is 17.6 Å². The van der Waals surface area contributed by atoms with Crippen LogP contribution in [0, 0.1) is 17.3 Å². The van der Waals surface area contributed by atoms with Crippen molar-refractivity contribution in [3.8, 4) is 5.75 Å². The van der Waals surface area contributed by atoms with Gasteiger partial charge in [-0.2, -0.15) is 0 Å². The van der Waals surface area contributed by atoms with Gasteiger partial charge in [-0.25, -0.2) is 0 Å². The predicted octanol–water partition coefficient (Wildman–Crippen LogP) is 4.56. The monoisotopic (exact) mass is 304 g/mol. The van der Waals surface area contributed by atoms with E-state index in [-0.39, 0.29) is 5.41 Å². The lowest BCUT2D eigenvalue weighted by molar-refractivity contribution is 0.0703. The summed E-state index contributed by atoms with van der Waals surface area (Å²) in [6.07, 6.45) is 8.92. The molecule has 3 aliphatic carbocycles. The van der Waals surface area contributed by atoms with Crippen LogP contribution in [0.25, 0.3) is 10.8 Å². The fourth-order valence-electron chi connectivity index (χ4n) is 5.11. The van der Waals surface area contributed by atoms with Crippen molar-refractivity contribution in [3.63, 3.8) is 0 Å². The topological polar surface area (TPSA) is 26.3 Å². The summed E-state index contributed by atoms with van der Waals surface area (Å²) in [7, 11) is 1.69. The minimum absolute atomic E-state index is 0.105. The van der Waals surface area contributed by atoms with Crippen molar-refractivity contribution >= 4 is 16.6 Å². The lowest BCUT2D eigenvalue weighted by Gasteiger charge is -2.38.